The van der Waals surface area contributed by atoms with Gasteiger partial charge in [0, 0.05) is 25.7 Å². The van der Waals surface area contributed by atoms with Gasteiger partial charge in [0.25, 0.3) is 0 Å². The van der Waals surface area contributed by atoms with Crippen molar-refractivity contribution < 1.29 is 9.53 Å². The van der Waals surface area contributed by atoms with E-state index in [1.807, 2.05) is 6.92 Å². The van der Waals surface area contributed by atoms with E-state index in [1.165, 1.54) is 0 Å². The molecule has 1 amide bonds. The largest absolute Gasteiger partial charge is 0.379 e. The average molecular weight is 271 g/mol. The van der Waals surface area contributed by atoms with E-state index in [0.29, 0.717) is 24.9 Å². The summed E-state index contributed by atoms with van der Waals surface area (Å²) in [7, 11) is 0. The molecule has 1 unspecified atom stereocenters. The van der Waals surface area contributed by atoms with Crippen LogP contribution >= 0.6 is 0 Å². The summed E-state index contributed by atoms with van der Waals surface area (Å²) in [5, 5.41) is 2.99. The zero-order chi connectivity index (χ0) is 14.3. The van der Waals surface area contributed by atoms with Crippen molar-refractivity contribution in [3.05, 3.63) is 0 Å². The maximum absolute atomic E-state index is 11.8. The van der Waals surface area contributed by atoms with Gasteiger partial charge in [0.1, 0.15) is 0 Å². The van der Waals surface area contributed by atoms with Gasteiger partial charge in [-0.3, -0.25) is 9.69 Å². The number of carbonyl (C=O) groups excluding carboxylic acids is 1. The van der Waals surface area contributed by atoms with Crippen LogP contribution in [0.2, 0.25) is 0 Å². The van der Waals surface area contributed by atoms with Gasteiger partial charge in [-0.15, -0.1) is 0 Å². The molecule has 0 bridgehead atoms. The van der Waals surface area contributed by atoms with Crippen LogP contribution in [-0.2, 0) is 9.53 Å². The van der Waals surface area contributed by atoms with Gasteiger partial charge in [0.15, 0.2) is 0 Å². The lowest BCUT2D eigenvalue weighted by Crippen LogP contribution is -2.51. The summed E-state index contributed by atoms with van der Waals surface area (Å²) in [6, 6.07) is 0.00120. The third-order valence-corrected chi connectivity index (χ3v) is 3.59. The molecule has 1 saturated heterocycles. The summed E-state index contributed by atoms with van der Waals surface area (Å²) in [5.41, 5.74) is 5.74. The van der Waals surface area contributed by atoms with Gasteiger partial charge < -0.3 is 15.8 Å². The summed E-state index contributed by atoms with van der Waals surface area (Å²) >= 11 is 0. The number of nitrogens with one attached hydrogen (secondary N) is 1. The van der Waals surface area contributed by atoms with Gasteiger partial charge in [-0.05, 0) is 18.8 Å². The summed E-state index contributed by atoms with van der Waals surface area (Å²) < 4.78 is 5.39. The molecule has 112 valence electrons. The highest BCUT2D eigenvalue weighted by Crippen LogP contribution is 2.13. The molecule has 0 aliphatic carbocycles. The predicted molar refractivity (Wildman–Crippen MR) is 76.9 cm³/mol. The molecule has 5 heteroatoms. The first-order valence-electron chi connectivity index (χ1n) is 7.39. The fraction of sp³-hybridized carbons (Fsp3) is 0.929. The highest BCUT2D eigenvalue weighted by molar-refractivity contribution is 5.81. The van der Waals surface area contributed by atoms with E-state index in [2.05, 4.69) is 24.1 Å². The molecule has 0 aromatic carbocycles. The van der Waals surface area contributed by atoms with E-state index in [1.54, 1.807) is 0 Å². The molecule has 0 saturated carbocycles. The molecule has 2 atom stereocenters. The second kappa shape index (κ2) is 8.51. The summed E-state index contributed by atoms with van der Waals surface area (Å²) in [6.07, 6.45) is 1.76. The fourth-order valence-electron chi connectivity index (χ4n) is 2.38. The van der Waals surface area contributed by atoms with E-state index >= 15 is 0 Å². The smallest absolute Gasteiger partial charge is 0.236 e. The van der Waals surface area contributed by atoms with Crippen LogP contribution in [0.1, 0.15) is 33.6 Å². The maximum atomic E-state index is 11.8. The van der Waals surface area contributed by atoms with E-state index in [4.69, 9.17) is 10.5 Å². The first-order chi connectivity index (χ1) is 9.04. The molecule has 0 spiro atoms. The molecular weight excluding hydrogens is 242 g/mol. The number of ether oxygens (including phenoxy) is 1. The Bertz CT molecular complexity index is 265. The first kappa shape index (κ1) is 16.4. The third kappa shape index (κ3) is 5.89. The van der Waals surface area contributed by atoms with E-state index in [9.17, 15) is 4.79 Å². The summed E-state index contributed by atoms with van der Waals surface area (Å²) in [5.74, 6) is 0.578. The zero-order valence-corrected chi connectivity index (χ0v) is 12.5. The minimum atomic E-state index is -0.385. The van der Waals surface area contributed by atoms with Gasteiger partial charge in [0.2, 0.25) is 5.91 Å². The topological polar surface area (TPSA) is 67.6 Å². The van der Waals surface area contributed by atoms with Crippen LogP contribution in [0, 0.1) is 5.92 Å². The van der Waals surface area contributed by atoms with Gasteiger partial charge >= 0.3 is 0 Å². The molecule has 1 fully saturated rings. The van der Waals surface area contributed by atoms with E-state index in [-0.39, 0.29) is 11.9 Å². The van der Waals surface area contributed by atoms with Crippen molar-refractivity contribution in [3.8, 4) is 0 Å². The maximum Gasteiger partial charge on any atom is 0.236 e. The fourth-order valence-corrected chi connectivity index (χ4v) is 2.38. The Kier molecular flexibility index (Phi) is 7.34. The highest BCUT2D eigenvalue weighted by atomic mass is 16.5. The molecule has 19 heavy (non-hydrogen) atoms. The molecular formula is C14H29N3O2. The second-order valence-corrected chi connectivity index (χ2v) is 5.69. The van der Waals surface area contributed by atoms with Gasteiger partial charge in [-0.2, -0.15) is 0 Å². The van der Waals surface area contributed by atoms with Crippen molar-refractivity contribution in [2.75, 3.05) is 32.8 Å². The number of nitrogens with two attached hydrogens (primary N) is 1. The van der Waals surface area contributed by atoms with Crippen molar-refractivity contribution in [2.45, 2.75) is 45.7 Å². The lowest BCUT2D eigenvalue weighted by Gasteiger charge is -2.35. The number of hydrogen-bond donors (Lipinski definition) is 2. The molecule has 3 N–H and O–H groups in total. The predicted octanol–water partition coefficient (Wildman–Crippen LogP) is 0.587. The molecule has 1 heterocycles. The highest BCUT2D eigenvalue weighted by Gasteiger charge is 2.23. The molecule has 0 aromatic heterocycles. The van der Waals surface area contributed by atoms with Crippen LogP contribution in [0.3, 0.4) is 0 Å². The Hall–Kier alpha value is -0.650. The Morgan fingerprint density at radius 1 is 1.37 bits per heavy atom. The molecule has 0 aromatic rings. The Morgan fingerprint density at radius 3 is 2.53 bits per heavy atom. The molecule has 1 aliphatic rings. The summed E-state index contributed by atoms with van der Waals surface area (Å²) in [6.45, 7) is 10.5. The monoisotopic (exact) mass is 271 g/mol. The van der Waals surface area contributed by atoms with Crippen LogP contribution < -0.4 is 11.1 Å². The van der Waals surface area contributed by atoms with Crippen molar-refractivity contribution in [1.82, 2.24) is 10.2 Å². The van der Waals surface area contributed by atoms with Gasteiger partial charge in [-0.1, -0.05) is 20.8 Å². The first-order valence-corrected chi connectivity index (χ1v) is 7.39. The Labute approximate surface area is 116 Å². The average Bonchev–Trinajstić information content (AvgIpc) is 2.42. The minimum absolute atomic E-state index is 0.0375. The van der Waals surface area contributed by atoms with Crippen LogP contribution in [-0.4, -0.2) is 55.7 Å². The SMILES string of the molecule is CC[C@@H](N)C(=O)NCC(CC(C)C)N1CCOCC1. The van der Waals surface area contributed by atoms with Crippen molar-refractivity contribution >= 4 is 5.91 Å². The minimum Gasteiger partial charge on any atom is -0.379 e. The molecule has 0 radical (unpaired) electrons. The lowest BCUT2D eigenvalue weighted by atomic mass is 10.0. The Balaban J connectivity index is 2.46. The molecule has 5 nitrogen and oxygen atoms in total. The van der Waals surface area contributed by atoms with Gasteiger partial charge in [-0.25, -0.2) is 0 Å². The molecule has 1 rings (SSSR count). The zero-order valence-electron chi connectivity index (χ0n) is 12.5. The van der Waals surface area contributed by atoms with Crippen molar-refractivity contribution in [2.24, 2.45) is 11.7 Å². The van der Waals surface area contributed by atoms with E-state index in [0.717, 1.165) is 32.7 Å². The van der Waals surface area contributed by atoms with Crippen LogP contribution in [0.15, 0.2) is 0 Å². The third-order valence-electron chi connectivity index (χ3n) is 3.59. The molecule has 1 aliphatic heterocycles. The number of amides is 1. The van der Waals surface area contributed by atoms with Crippen LogP contribution in [0.25, 0.3) is 0 Å². The Morgan fingerprint density at radius 2 is 2.00 bits per heavy atom. The number of morpholine rings is 1. The van der Waals surface area contributed by atoms with Crippen molar-refractivity contribution in [1.29, 1.82) is 0 Å². The standard InChI is InChI=1S/C14H29N3O2/c1-4-13(15)14(18)16-10-12(9-11(2)3)17-5-7-19-8-6-17/h11-13H,4-10,15H2,1-3H3,(H,16,18)/t12?,13-/m1/s1. The quantitative estimate of drug-likeness (QED) is 0.711. The second-order valence-electron chi connectivity index (χ2n) is 5.69. The number of nitrogens with zero attached hydrogens (tertiary/aromatic N) is 1. The van der Waals surface area contributed by atoms with Crippen LogP contribution in [0.4, 0.5) is 0 Å². The number of hydrogen-bond acceptors (Lipinski definition) is 4. The normalized spacial score (nSPS) is 20.3. The summed E-state index contributed by atoms with van der Waals surface area (Å²) in [4.78, 5) is 14.2. The van der Waals surface area contributed by atoms with Crippen molar-refractivity contribution in [3.63, 3.8) is 0 Å². The van der Waals surface area contributed by atoms with E-state index < -0.39 is 0 Å². The number of rotatable bonds is 7. The lowest BCUT2D eigenvalue weighted by molar-refractivity contribution is -0.122. The van der Waals surface area contributed by atoms with Crippen LogP contribution in [0.5, 0.6) is 0 Å². The number of carbonyl (C=O) groups is 1. The van der Waals surface area contributed by atoms with Gasteiger partial charge in [0.05, 0.1) is 19.3 Å².